The summed E-state index contributed by atoms with van der Waals surface area (Å²) < 4.78 is 8.28. The van der Waals surface area contributed by atoms with Crippen LogP contribution >= 0.6 is 0 Å². The van der Waals surface area contributed by atoms with E-state index in [0.29, 0.717) is 19.6 Å². The molecule has 0 radical (unpaired) electrons. The Labute approximate surface area is 205 Å². The number of ether oxygens (including phenoxy) is 1. The van der Waals surface area contributed by atoms with Crippen LogP contribution in [0.2, 0.25) is 0 Å². The van der Waals surface area contributed by atoms with Gasteiger partial charge < -0.3 is 14.4 Å². The first kappa shape index (κ1) is 23.1. The molecule has 1 N–H and O–H groups in total. The maximum atomic E-state index is 12.1. The summed E-state index contributed by atoms with van der Waals surface area (Å²) in [4.78, 5) is 21.5. The summed E-state index contributed by atoms with van der Waals surface area (Å²) in [5, 5.41) is 9.94. The van der Waals surface area contributed by atoms with E-state index in [2.05, 4.69) is 40.7 Å². The van der Waals surface area contributed by atoms with Crippen molar-refractivity contribution >= 4 is 17.0 Å². The van der Waals surface area contributed by atoms with Crippen LogP contribution in [-0.2, 0) is 17.9 Å². The minimum atomic E-state index is -0.724. The van der Waals surface area contributed by atoms with Gasteiger partial charge in [0.25, 0.3) is 0 Å². The molecular formula is C29H31N3O3. The Hall–Kier alpha value is -3.67. The van der Waals surface area contributed by atoms with Crippen LogP contribution in [0.4, 0.5) is 0 Å². The number of rotatable bonds is 7. The van der Waals surface area contributed by atoms with Gasteiger partial charge in [-0.1, -0.05) is 48.7 Å². The zero-order valence-corrected chi connectivity index (χ0v) is 20.3. The topological polar surface area (TPSA) is 77.2 Å². The number of imidazole rings is 1. The first-order valence-corrected chi connectivity index (χ1v) is 12.3. The van der Waals surface area contributed by atoms with Crippen molar-refractivity contribution in [3.63, 3.8) is 0 Å². The Kier molecular flexibility index (Phi) is 6.53. The zero-order chi connectivity index (χ0) is 24.4. The lowest BCUT2D eigenvalue weighted by atomic mass is 9.78. The molecule has 1 aliphatic rings. The number of fused-ring (bicyclic) bond motifs is 1. The molecule has 2 heterocycles. The number of benzene rings is 2. The largest absolute Gasteiger partial charge is 0.487 e. The SMILES string of the molecule is Cc1ccc(COc2ccc3nc([C@@H]4CCCC[C@@H]4C(=O)O)n(Cc4cccc(C)c4)c3c2)nc1. The van der Waals surface area contributed by atoms with E-state index in [9.17, 15) is 9.90 Å². The molecule has 6 heteroatoms. The number of pyridine rings is 1. The normalized spacial score (nSPS) is 18.0. The molecule has 0 amide bonds. The highest BCUT2D eigenvalue weighted by Gasteiger charge is 2.35. The zero-order valence-electron chi connectivity index (χ0n) is 20.3. The van der Waals surface area contributed by atoms with Gasteiger partial charge in [0.1, 0.15) is 18.2 Å². The van der Waals surface area contributed by atoms with Crippen LogP contribution in [0, 0.1) is 19.8 Å². The van der Waals surface area contributed by atoms with Crippen molar-refractivity contribution in [3.8, 4) is 5.75 Å². The van der Waals surface area contributed by atoms with Crippen LogP contribution in [0.25, 0.3) is 11.0 Å². The number of hydrogen-bond donors (Lipinski definition) is 1. The van der Waals surface area contributed by atoms with Crippen molar-refractivity contribution in [1.29, 1.82) is 0 Å². The number of carbonyl (C=O) groups is 1. The van der Waals surface area contributed by atoms with Gasteiger partial charge in [0.2, 0.25) is 0 Å². The first-order valence-electron chi connectivity index (χ1n) is 12.3. The molecule has 35 heavy (non-hydrogen) atoms. The van der Waals surface area contributed by atoms with Gasteiger partial charge in [0.15, 0.2) is 0 Å². The van der Waals surface area contributed by atoms with E-state index in [1.165, 1.54) is 11.1 Å². The van der Waals surface area contributed by atoms with E-state index in [-0.39, 0.29) is 5.92 Å². The summed E-state index contributed by atoms with van der Waals surface area (Å²) in [7, 11) is 0. The Bertz CT molecular complexity index is 1340. The van der Waals surface area contributed by atoms with Crippen molar-refractivity contribution < 1.29 is 14.6 Å². The van der Waals surface area contributed by atoms with E-state index < -0.39 is 11.9 Å². The van der Waals surface area contributed by atoms with Gasteiger partial charge >= 0.3 is 5.97 Å². The highest BCUT2D eigenvalue weighted by atomic mass is 16.5. The van der Waals surface area contributed by atoms with Crippen molar-refractivity contribution in [3.05, 3.63) is 89.0 Å². The fraction of sp³-hybridized carbons (Fsp3) is 0.345. The average molecular weight is 470 g/mol. The Morgan fingerprint density at radius 2 is 1.91 bits per heavy atom. The molecule has 0 aliphatic heterocycles. The van der Waals surface area contributed by atoms with Gasteiger partial charge in [-0.15, -0.1) is 0 Å². The summed E-state index contributed by atoms with van der Waals surface area (Å²) in [6.45, 7) is 5.12. The van der Waals surface area contributed by atoms with E-state index in [4.69, 9.17) is 9.72 Å². The molecule has 1 aliphatic carbocycles. The lowest BCUT2D eigenvalue weighted by Gasteiger charge is -2.28. The second kappa shape index (κ2) is 9.90. The number of aromatic nitrogens is 3. The molecular weight excluding hydrogens is 438 g/mol. The van der Waals surface area contributed by atoms with E-state index >= 15 is 0 Å². The van der Waals surface area contributed by atoms with Crippen molar-refractivity contribution in [1.82, 2.24) is 14.5 Å². The Balaban J connectivity index is 1.53. The summed E-state index contributed by atoms with van der Waals surface area (Å²) in [6.07, 6.45) is 5.37. The third-order valence-electron chi connectivity index (χ3n) is 6.95. The van der Waals surface area contributed by atoms with Crippen LogP contribution in [0.5, 0.6) is 5.75 Å². The first-order chi connectivity index (χ1) is 17.0. The molecule has 180 valence electrons. The smallest absolute Gasteiger partial charge is 0.307 e. The van der Waals surface area contributed by atoms with Crippen LogP contribution in [0.15, 0.2) is 60.8 Å². The summed E-state index contributed by atoms with van der Waals surface area (Å²) in [5.41, 5.74) is 6.18. The van der Waals surface area contributed by atoms with Crippen molar-refractivity contribution in [2.75, 3.05) is 0 Å². The third kappa shape index (κ3) is 5.06. The molecule has 0 spiro atoms. The van der Waals surface area contributed by atoms with Crippen LogP contribution in [0.1, 0.15) is 59.8 Å². The van der Waals surface area contributed by atoms with Gasteiger partial charge in [0, 0.05) is 24.7 Å². The minimum Gasteiger partial charge on any atom is -0.487 e. The van der Waals surface area contributed by atoms with E-state index in [1.54, 1.807) is 0 Å². The van der Waals surface area contributed by atoms with Crippen molar-refractivity contribution in [2.24, 2.45) is 5.92 Å². The molecule has 2 aromatic carbocycles. The van der Waals surface area contributed by atoms with Gasteiger partial charge in [-0.25, -0.2) is 4.98 Å². The fourth-order valence-corrected chi connectivity index (χ4v) is 5.13. The molecule has 0 bridgehead atoms. The van der Waals surface area contributed by atoms with Crippen LogP contribution in [0.3, 0.4) is 0 Å². The third-order valence-corrected chi connectivity index (χ3v) is 6.95. The standard InChI is InChI=1S/C29H31N3O3/c1-19-6-5-7-21(14-19)17-32-27-15-23(35-18-22-11-10-20(2)16-30-22)12-13-26(27)31-28(32)24-8-3-4-9-25(24)29(33)34/h5-7,10-16,24-25H,3-4,8-9,17-18H2,1-2H3,(H,33,34)/t24-,25+/m1/s1. The molecule has 1 fully saturated rings. The molecule has 4 aromatic rings. The summed E-state index contributed by atoms with van der Waals surface area (Å²) in [6, 6.07) is 18.4. The highest BCUT2D eigenvalue weighted by molar-refractivity contribution is 5.79. The molecule has 5 rings (SSSR count). The number of carboxylic acids is 1. The molecule has 0 saturated heterocycles. The molecule has 6 nitrogen and oxygen atoms in total. The van der Waals surface area contributed by atoms with Gasteiger partial charge in [0.05, 0.1) is 22.6 Å². The Morgan fingerprint density at radius 1 is 1.06 bits per heavy atom. The maximum absolute atomic E-state index is 12.1. The average Bonchev–Trinajstić information content (AvgIpc) is 3.21. The lowest BCUT2D eigenvalue weighted by Crippen LogP contribution is -2.27. The highest BCUT2D eigenvalue weighted by Crippen LogP contribution is 2.39. The number of aryl methyl sites for hydroxylation is 2. The second-order valence-corrected chi connectivity index (χ2v) is 9.65. The van der Waals surface area contributed by atoms with Crippen LogP contribution in [-0.4, -0.2) is 25.6 Å². The number of hydrogen-bond acceptors (Lipinski definition) is 4. The molecule has 2 atom stereocenters. The number of carboxylic acid groups (broad SMARTS) is 1. The predicted octanol–water partition coefficient (Wildman–Crippen LogP) is 6.03. The maximum Gasteiger partial charge on any atom is 0.307 e. The molecule has 1 saturated carbocycles. The lowest BCUT2D eigenvalue weighted by molar-refractivity contribution is -0.143. The predicted molar refractivity (Wildman–Crippen MR) is 136 cm³/mol. The Morgan fingerprint density at radius 3 is 2.69 bits per heavy atom. The number of nitrogens with zero attached hydrogens (tertiary/aromatic N) is 3. The second-order valence-electron chi connectivity index (χ2n) is 9.65. The van der Waals surface area contributed by atoms with E-state index in [1.807, 2.05) is 43.5 Å². The van der Waals surface area contributed by atoms with Crippen molar-refractivity contribution in [2.45, 2.75) is 58.6 Å². The molecule has 2 aromatic heterocycles. The minimum absolute atomic E-state index is 0.0976. The van der Waals surface area contributed by atoms with E-state index in [0.717, 1.165) is 53.1 Å². The number of aliphatic carboxylic acids is 1. The summed E-state index contributed by atoms with van der Waals surface area (Å²) in [5.74, 6) is 0.388. The monoisotopic (exact) mass is 469 g/mol. The summed E-state index contributed by atoms with van der Waals surface area (Å²) >= 11 is 0. The molecule has 0 unspecified atom stereocenters. The van der Waals surface area contributed by atoms with Gasteiger partial charge in [-0.3, -0.25) is 9.78 Å². The van der Waals surface area contributed by atoms with Gasteiger partial charge in [-0.05, 0) is 56.0 Å². The van der Waals surface area contributed by atoms with Gasteiger partial charge in [-0.2, -0.15) is 0 Å². The van der Waals surface area contributed by atoms with Crippen LogP contribution < -0.4 is 4.74 Å². The quantitative estimate of drug-likeness (QED) is 0.357. The fourth-order valence-electron chi connectivity index (χ4n) is 5.13.